The lowest BCUT2D eigenvalue weighted by Crippen LogP contribution is -2.57. The summed E-state index contributed by atoms with van der Waals surface area (Å²) in [5.41, 5.74) is 1.63. The van der Waals surface area contributed by atoms with Crippen molar-refractivity contribution in [1.82, 2.24) is 14.8 Å². The zero-order valence-corrected chi connectivity index (χ0v) is 16.4. The van der Waals surface area contributed by atoms with Crippen LogP contribution in [0.15, 0.2) is 30.9 Å². The van der Waals surface area contributed by atoms with E-state index in [0.717, 1.165) is 38.3 Å². The van der Waals surface area contributed by atoms with E-state index in [9.17, 15) is 18.0 Å². The average molecular weight is 413 g/mol. The Hall–Kier alpha value is -2.42. The van der Waals surface area contributed by atoms with E-state index in [2.05, 4.69) is 16.5 Å². The van der Waals surface area contributed by atoms with Gasteiger partial charge in [-0.2, -0.15) is 13.2 Å². The lowest BCUT2D eigenvalue weighted by atomic mass is 9.86. The normalized spacial score (nSPS) is 22.1. The third-order valence-corrected chi connectivity index (χ3v) is 5.28. The highest BCUT2D eigenvalue weighted by Crippen LogP contribution is 2.37. The Kier molecular flexibility index (Phi) is 7.40. The first kappa shape index (κ1) is 22.9. The Balaban J connectivity index is 0.000000370. The van der Waals surface area contributed by atoms with Crippen LogP contribution in [0.4, 0.5) is 13.2 Å². The van der Waals surface area contributed by atoms with Gasteiger partial charge in [-0.1, -0.05) is 12.1 Å². The van der Waals surface area contributed by atoms with E-state index < -0.39 is 12.1 Å². The number of carboxylic acids is 1. The Morgan fingerprint density at radius 1 is 1.28 bits per heavy atom. The highest BCUT2D eigenvalue weighted by Gasteiger charge is 2.44. The van der Waals surface area contributed by atoms with Crippen molar-refractivity contribution in [3.05, 3.63) is 42.2 Å². The minimum absolute atomic E-state index is 0.0771. The highest BCUT2D eigenvalue weighted by atomic mass is 19.4. The van der Waals surface area contributed by atoms with Crippen LogP contribution in [0.2, 0.25) is 0 Å². The number of halogens is 3. The molecule has 2 fully saturated rings. The fourth-order valence-electron chi connectivity index (χ4n) is 4.01. The summed E-state index contributed by atoms with van der Waals surface area (Å²) in [6, 6.07) is 5.67. The maximum absolute atomic E-state index is 12.8. The molecule has 29 heavy (non-hydrogen) atoms. The molecule has 0 bridgehead atoms. The monoisotopic (exact) mass is 413 g/mol. The van der Waals surface area contributed by atoms with Gasteiger partial charge in [0.05, 0.1) is 0 Å². The van der Waals surface area contributed by atoms with E-state index in [-0.39, 0.29) is 11.4 Å². The number of nitrogens with zero attached hydrogens (tertiary/aromatic N) is 3. The van der Waals surface area contributed by atoms with Gasteiger partial charge in [-0.25, -0.2) is 9.78 Å². The number of amides is 1. The predicted molar refractivity (Wildman–Crippen MR) is 102 cm³/mol. The van der Waals surface area contributed by atoms with Gasteiger partial charge in [-0.05, 0) is 51.3 Å². The largest absolute Gasteiger partial charge is 0.490 e. The SMILES string of the molecule is C=CCN1CCCC12CCCN(C(=O)c1cccc(C)n1)C2.O=C(O)C(F)(F)F. The topological polar surface area (TPSA) is 73.7 Å². The molecule has 0 aliphatic carbocycles. The molecule has 1 N–H and O–H groups in total. The van der Waals surface area contributed by atoms with Crippen LogP contribution in [0.1, 0.15) is 41.9 Å². The fourth-order valence-corrected chi connectivity index (χ4v) is 4.01. The number of hydrogen-bond donors (Lipinski definition) is 1. The average Bonchev–Trinajstić information content (AvgIpc) is 3.02. The van der Waals surface area contributed by atoms with Gasteiger partial charge in [0.1, 0.15) is 5.69 Å². The van der Waals surface area contributed by atoms with Crippen molar-refractivity contribution >= 4 is 11.9 Å². The number of piperidine rings is 1. The van der Waals surface area contributed by atoms with Crippen molar-refractivity contribution in [2.45, 2.75) is 44.3 Å². The number of carboxylic acid groups (broad SMARTS) is 1. The zero-order chi connectivity index (χ0) is 21.7. The second-order valence-electron chi connectivity index (χ2n) is 7.36. The number of rotatable bonds is 3. The molecule has 1 spiro atoms. The van der Waals surface area contributed by atoms with Crippen LogP contribution >= 0.6 is 0 Å². The molecule has 2 aliphatic rings. The molecule has 0 saturated carbocycles. The molecular weight excluding hydrogens is 387 g/mol. The number of likely N-dealkylation sites (tertiary alicyclic amines) is 2. The molecule has 2 aliphatic heterocycles. The van der Waals surface area contributed by atoms with E-state index in [0.29, 0.717) is 5.69 Å². The maximum Gasteiger partial charge on any atom is 0.490 e. The summed E-state index contributed by atoms with van der Waals surface area (Å²) in [7, 11) is 0. The van der Waals surface area contributed by atoms with E-state index in [1.54, 1.807) is 0 Å². The van der Waals surface area contributed by atoms with Crippen molar-refractivity contribution in [1.29, 1.82) is 0 Å². The number of carbonyl (C=O) groups is 2. The third-order valence-electron chi connectivity index (χ3n) is 5.28. The van der Waals surface area contributed by atoms with Gasteiger partial charge in [0.2, 0.25) is 0 Å². The first-order valence-corrected chi connectivity index (χ1v) is 9.48. The number of aliphatic carboxylic acids is 1. The summed E-state index contributed by atoms with van der Waals surface area (Å²) in [5.74, 6) is -2.68. The van der Waals surface area contributed by atoms with Crippen LogP contribution in [-0.4, -0.2) is 69.7 Å². The van der Waals surface area contributed by atoms with Crippen LogP contribution in [-0.2, 0) is 4.79 Å². The number of hydrogen-bond acceptors (Lipinski definition) is 4. The maximum atomic E-state index is 12.8. The predicted octanol–water partition coefficient (Wildman–Crippen LogP) is 3.28. The molecule has 3 heterocycles. The molecular formula is C20H26F3N3O3. The number of pyridine rings is 1. The lowest BCUT2D eigenvalue weighted by molar-refractivity contribution is -0.192. The van der Waals surface area contributed by atoms with Crippen LogP contribution in [0.5, 0.6) is 0 Å². The summed E-state index contributed by atoms with van der Waals surface area (Å²) in [6.45, 7) is 9.53. The summed E-state index contributed by atoms with van der Waals surface area (Å²) >= 11 is 0. The van der Waals surface area contributed by atoms with Gasteiger partial charge in [0, 0.05) is 30.9 Å². The molecule has 2 saturated heterocycles. The van der Waals surface area contributed by atoms with E-state index >= 15 is 0 Å². The molecule has 9 heteroatoms. The van der Waals surface area contributed by atoms with Crippen molar-refractivity contribution < 1.29 is 27.9 Å². The number of aryl methyl sites for hydroxylation is 1. The minimum atomic E-state index is -5.08. The Bertz CT molecular complexity index is 754. The van der Waals surface area contributed by atoms with Gasteiger partial charge in [-0.3, -0.25) is 9.69 Å². The number of carbonyl (C=O) groups excluding carboxylic acids is 1. The van der Waals surface area contributed by atoms with Gasteiger partial charge >= 0.3 is 12.1 Å². The molecule has 160 valence electrons. The Morgan fingerprint density at radius 3 is 2.45 bits per heavy atom. The molecule has 1 unspecified atom stereocenters. The van der Waals surface area contributed by atoms with Gasteiger partial charge < -0.3 is 10.0 Å². The smallest absolute Gasteiger partial charge is 0.475 e. The molecule has 3 rings (SSSR count). The molecule has 1 atom stereocenters. The highest BCUT2D eigenvalue weighted by molar-refractivity contribution is 5.92. The van der Waals surface area contributed by atoms with Crippen LogP contribution < -0.4 is 0 Å². The quantitative estimate of drug-likeness (QED) is 0.770. The van der Waals surface area contributed by atoms with Crippen molar-refractivity contribution in [2.75, 3.05) is 26.2 Å². The van der Waals surface area contributed by atoms with E-state index in [1.165, 1.54) is 19.3 Å². The molecule has 1 amide bonds. The van der Waals surface area contributed by atoms with Gasteiger partial charge in [-0.15, -0.1) is 6.58 Å². The summed E-state index contributed by atoms with van der Waals surface area (Å²) in [4.78, 5) is 30.6. The van der Waals surface area contributed by atoms with E-state index in [4.69, 9.17) is 9.90 Å². The van der Waals surface area contributed by atoms with E-state index in [1.807, 2.05) is 36.1 Å². The molecule has 0 aromatic carbocycles. The minimum Gasteiger partial charge on any atom is -0.475 e. The summed E-state index contributed by atoms with van der Waals surface area (Å²) in [5, 5.41) is 7.12. The first-order chi connectivity index (χ1) is 13.6. The lowest BCUT2D eigenvalue weighted by Gasteiger charge is -2.45. The molecule has 1 aromatic rings. The number of aromatic nitrogens is 1. The zero-order valence-electron chi connectivity index (χ0n) is 16.4. The van der Waals surface area contributed by atoms with Crippen molar-refractivity contribution in [2.24, 2.45) is 0 Å². The second kappa shape index (κ2) is 9.39. The first-order valence-electron chi connectivity index (χ1n) is 9.48. The fraction of sp³-hybridized carbons (Fsp3) is 0.550. The van der Waals surface area contributed by atoms with Crippen molar-refractivity contribution in [3.63, 3.8) is 0 Å². The summed E-state index contributed by atoms with van der Waals surface area (Å²) < 4.78 is 31.7. The second-order valence-corrected chi connectivity index (χ2v) is 7.36. The van der Waals surface area contributed by atoms with Gasteiger partial charge in [0.25, 0.3) is 5.91 Å². The van der Waals surface area contributed by atoms with Crippen LogP contribution in [0.3, 0.4) is 0 Å². The Labute approximate surface area is 168 Å². The standard InChI is InChI=1S/C18H25N3O.C2HF3O2/c1-3-11-21-13-6-10-18(21)9-5-12-20(14-18)17(22)16-8-4-7-15(2)19-16;3-2(4,5)1(6)7/h3-4,7-8H,1,5-6,9-14H2,2H3;(H,6,7). The number of alkyl halides is 3. The third kappa shape index (κ3) is 5.79. The molecule has 6 nitrogen and oxygen atoms in total. The summed E-state index contributed by atoms with van der Waals surface area (Å²) in [6.07, 6.45) is 1.57. The molecule has 1 aromatic heterocycles. The van der Waals surface area contributed by atoms with Crippen LogP contribution in [0.25, 0.3) is 0 Å². The molecule has 0 radical (unpaired) electrons. The van der Waals surface area contributed by atoms with Crippen LogP contribution in [0, 0.1) is 6.92 Å². The Morgan fingerprint density at radius 2 is 1.90 bits per heavy atom. The van der Waals surface area contributed by atoms with Crippen molar-refractivity contribution in [3.8, 4) is 0 Å². The van der Waals surface area contributed by atoms with Gasteiger partial charge in [0.15, 0.2) is 0 Å².